The third-order valence-electron chi connectivity index (χ3n) is 7.70. The lowest BCUT2D eigenvalue weighted by Crippen LogP contribution is -2.44. The fourth-order valence-electron chi connectivity index (χ4n) is 5.31. The molecule has 0 spiro atoms. The molecular formula is C25H33N3O. The number of piperidine rings is 1. The van der Waals surface area contributed by atoms with Crippen LogP contribution >= 0.6 is 0 Å². The number of rotatable bonds is 6. The van der Waals surface area contributed by atoms with Crippen molar-refractivity contribution < 1.29 is 4.79 Å². The van der Waals surface area contributed by atoms with Crippen molar-refractivity contribution >= 4 is 5.91 Å². The summed E-state index contributed by atoms with van der Waals surface area (Å²) in [5.74, 6) is 3.11. The minimum absolute atomic E-state index is 0.209. The number of imidazole rings is 1. The fourth-order valence-corrected chi connectivity index (χ4v) is 5.31. The standard InChI is InChI=1S/C25H33N3O/c1-19-18-26-23(21-6-5-7-21)28(19)17-12-20-10-15-27(16-11-20)24(29)25(13-14-25)22-8-3-2-4-9-22/h2-4,8-9,18,20-21H,5-7,10-17H2,1H3. The summed E-state index contributed by atoms with van der Waals surface area (Å²) in [6.07, 6.45) is 11.5. The van der Waals surface area contributed by atoms with Crippen LogP contribution in [0.1, 0.15) is 74.4 Å². The number of aromatic nitrogens is 2. The van der Waals surface area contributed by atoms with Crippen LogP contribution in [0.3, 0.4) is 0 Å². The maximum Gasteiger partial charge on any atom is 0.233 e. The fraction of sp³-hybridized carbons (Fsp3) is 0.600. The molecule has 2 saturated carbocycles. The summed E-state index contributed by atoms with van der Waals surface area (Å²) in [6, 6.07) is 10.4. The lowest BCUT2D eigenvalue weighted by molar-refractivity contribution is -0.135. The van der Waals surface area contributed by atoms with Crippen molar-refractivity contribution in [3.8, 4) is 0 Å². The molecule has 29 heavy (non-hydrogen) atoms. The van der Waals surface area contributed by atoms with Gasteiger partial charge in [0.25, 0.3) is 0 Å². The zero-order chi connectivity index (χ0) is 19.8. The molecule has 5 rings (SSSR count). The van der Waals surface area contributed by atoms with Gasteiger partial charge >= 0.3 is 0 Å². The summed E-state index contributed by atoms with van der Waals surface area (Å²) in [5, 5.41) is 0. The second kappa shape index (κ2) is 7.62. The van der Waals surface area contributed by atoms with Gasteiger partial charge in [0.15, 0.2) is 0 Å². The zero-order valence-electron chi connectivity index (χ0n) is 17.6. The molecule has 3 fully saturated rings. The Morgan fingerprint density at radius 1 is 1.10 bits per heavy atom. The van der Waals surface area contributed by atoms with Crippen LogP contribution in [-0.4, -0.2) is 33.4 Å². The van der Waals surface area contributed by atoms with Gasteiger partial charge in [0.2, 0.25) is 5.91 Å². The highest BCUT2D eigenvalue weighted by Crippen LogP contribution is 2.50. The molecule has 2 aliphatic carbocycles. The van der Waals surface area contributed by atoms with Gasteiger partial charge in [0.1, 0.15) is 5.82 Å². The third kappa shape index (κ3) is 3.51. The molecule has 0 N–H and O–H groups in total. The van der Waals surface area contributed by atoms with Crippen LogP contribution in [0.25, 0.3) is 0 Å². The molecule has 0 atom stereocenters. The Morgan fingerprint density at radius 3 is 2.45 bits per heavy atom. The van der Waals surface area contributed by atoms with E-state index in [1.54, 1.807) is 0 Å². The van der Waals surface area contributed by atoms with Crippen LogP contribution in [0, 0.1) is 12.8 Å². The lowest BCUT2D eigenvalue weighted by Gasteiger charge is -2.35. The monoisotopic (exact) mass is 391 g/mol. The van der Waals surface area contributed by atoms with E-state index < -0.39 is 0 Å². The molecule has 1 aliphatic heterocycles. The summed E-state index contributed by atoms with van der Waals surface area (Å²) in [5.41, 5.74) is 2.31. The maximum absolute atomic E-state index is 13.3. The third-order valence-corrected chi connectivity index (χ3v) is 7.70. The van der Waals surface area contributed by atoms with Gasteiger partial charge in [-0.3, -0.25) is 4.79 Å². The topological polar surface area (TPSA) is 38.1 Å². The number of hydrogen-bond acceptors (Lipinski definition) is 2. The van der Waals surface area contributed by atoms with E-state index in [1.165, 1.54) is 42.8 Å². The van der Waals surface area contributed by atoms with Crippen molar-refractivity contribution in [2.45, 2.75) is 76.2 Å². The Morgan fingerprint density at radius 2 is 1.83 bits per heavy atom. The summed E-state index contributed by atoms with van der Waals surface area (Å²) >= 11 is 0. The van der Waals surface area contributed by atoms with Gasteiger partial charge in [-0.2, -0.15) is 0 Å². The van der Waals surface area contributed by atoms with Gasteiger partial charge in [-0.15, -0.1) is 0 Å². The van der Waals surface area contributed by atoms with Crippen molar-refractivity contribution in [2.24, 2.45) is 5.92 Å². The molecule has 1 aromatic carbocycles. The van der Waals surface area contributed by atoms with E-state index in [-0.39, 0.29) is 5.41 Å². The number of amides is 1. The van der Waals surface area contributed by atoms with E-state index in [0.29, 0.717) is 11.8 Å². The molecule has 154 valence electrons. The van der Waals surface area contributed by atoms with Gasteiger partial charge in [0, 0.05) is 37.4 Å². The molecule has 0 radical (unpaired) electrons. The first-order chi connectivity index (χ1) is 14.2. The highest BCUT2D eigenvalue weighted by molar-refractivity contribution is 5.91. The number of carbonyl (C=O) groups excluding carboxylic acids is 1. The van der Waals surface area contributed by atoms with Crippen LogP contribution in [0.4, 0.5) is 0 Å². The van der Waals surface area contributed by atoms with E-state index in [0.717, 1.165) is 51.2 Å². The second-order valence-corrected chi connectivity index (χ2v) is 9.51. The van der Waals surface area contributed by atoms with E-state index in [2.05, 4.69) is 40.7 Å². The highest BCUT2D eigenvalue weighted by Gasteiger charge is 2.53. The van der Waals surface area contributed by atoms with Crippen molar-refractivity contribution in [2.75, 3.05) is 13.1 Å². The Kier molecular flexibility index (Phi) is 4.97. The van der Waals surface area contributed by atoms with Crippen LogP contribution in [0.15, 0.2) is 36.5 Å². The normalized spacial score (nSPS) is 21.8. The number of nitrogens with zero attached hydrogens (tertiary/aromatic N) is 3. The van der Waals surface area contributed by atoms with Crippen molar-refractivity contribution in [1.29, 1.82) is 0 Å². The van der Waals surface area contributed by atoms with E-state index in [9.17, 15) is 4.79 Å². The SMILES string of the molecule is Cc1cnc(C2CCC2)n1CCC1CCN(C(=O)C2(c3ccccc3)CC2)CC1. The average molecular weight is 392 g/mol. The highest BCUT2D eigenvalue weighted by atomic mass is 16.2. The smallest absolute Gasteiger partial charge is 0.233 e. The predicted molar refractivity (Wildman–Crippen MR) is 115 cm³/mol. The Hall–Kier alpha value is -2.10. The first-order valence-electron chi connectivity index (χ1n) is 11.5. The predicted octanol–water partition coefficient (Wildman–Crippen LogP) is 4.82. The van der Waals surface area contributed by atoms with Gasteiger partial charge in [-0.1, -0.05) is 36.8 Å². The summed E-state index contributed by atoms with van der Waals surface area (Å²) < 4.78 is 2.47. The first-order valence-corrected chi connectivity index (χ1v) is 11.5. The van der Waals surface area contributed by atoms with Gasteiger partial charge in [-0.05, 0) is 63.4 Å². The number of aryl methyl sites for hydroxylation is 1. The number of carbonyl (C=O) groups is 1. The van der Waals surface area contributed by atoms with Gasteiger partial charge < -0.3 is 9.47 Å². The molecule has 1 aromatic heterocycles. The van der Waals surface area contributed by atoms with Crippen molar-refractivity contribution in [3.63, 3.8) is 0 Å². The number of benzene rings is 1. The molecule has 4 nitrogen and oxygen atoms in total. The van der Waals surface area contributed by atoms with Crippen LogP contribution in [-0.2, 0) is 16.8 Å². The summed E-state index contributed by atoms with van der Waals surface area (Å²) in [7, 11) is 0. The van der Waals surface area contributed by atoms with Crippen LogP contribution in [0.5, 0.6) is 0 Å². The number of likely N-dealkylation sites (tertiary alicyclic amines) is 1. The maximum atomic E-state index is 13.3. The molecule has 2 aromatic rings. The Balaban J connectivity index is 1.16. The molecule has 1 amide bonds. The molecule has 3 aliphatic rings. The number of hydrogen-bond donors (Lipinski definition) is 0. The molecule has 0 unspecified atom stereocenters. The molecule has 1 saturated heterocycles. The van der Waals surface area contributed by atoms with Crippen LogP contribution in [0.2, 0.25) is 0 Å². The molecule has 2 heterocycles. The zero-order valence-corrected chi connectivity index (χ0v) is 17.6. The van der Waals surface area contributed by atoms with Crippen molar-refractivity contribution in [1.82, 2.24) is 14.5 Å². The Labute approximate surface area is 174 Å². The molecular weight excluding hydrogens is 358 g/mol. The van der Waals surface area contributed by atoms with E-state index in [4.69, 9.17) is 4.98 Å². The quantitative estimate of drug-likeness (QED) is 0.708. The summed E-state index contributed by atoms with van der Waals surface area (Å²) in [4.78, 5) is 20.1. The van der Waals surface area contributed by atoms with Crippen LogP contribution < -0.4 is 0 Å². The van der Waals surface area contributed by atoms with Gasteiger partial charge in [0.05, 0.1) is 5.41 Å². The average Bonchev–Trinajstić information content (AvgIpc) is 3.46. The minimum Gasteiger partial charge on any atom is -0.342 e. The van der Waals surface area contributed by atoms with E-state index >= 15 is 0 Å². The summed E-state index contributed by atoms with van der Waals surface area (Å²) in [6.45, 7) is 5.13. The molecule has 4 heteroatoms. The lowest BCUT2D eigenvalue weighted by atomic mass is 9.84. The largest absolute Gasteiger partial charge is 0.342 e. The van der Waals surface area contributed by atoms with Gasteiger partial charge in [-0.25, -0.2) is 4.98 Å². The van der Waals surface area contributed by atoms with E-state index in [1.807, 2.05) is 12.3 Å². The minimum atomic E-state index is -0.209. The second-order valence-electron chi connectivity index (χ2n) is 9.51. The molecule has 0 bridgehead atoms. The van der Waals surface area contributed by atoms with Crippen molar-refractivity contribution in [3.05, 3.63) is 53.6 Å². The first kappa shape index (κ1) is 18.9. The Bertz CT molecular complexity index is 855.